The van der Waals surface area contributed by atoms with Crippen molar-refractivity contribution >= 4 is 10.9 Å². The van der Waals surface area contributed by atoms with Crippen molar-refractivity contribution in [3.8, 4) is 11.1 Å². The summed E-state index contributed by atoms with van der Waals surface area (Å²) in [5, 5.41) is 10.2. The van der Waals surface area contributed by atoms with Gasteiger partial charge in [-0.1, -0.05) is 36.4 Å². The van der Waals surface area contributed by atoms with Crippen LogP contribution >= 0.6 is 0 Å². The Bertz CT molecular complexity index is 670. The van der Waals surface area contributed by atoms with Gasteiger partial charge in [-0.15, -0.1) is 0 Å². The van der Waals surface area contributed by atoms with E-state index in [4.69, 9.17) is 5.11 Å². The fourth-order valence-corrected chi connectivity index (χ4v) is 2.45. The lowest BCUT2D eigenvalue weighted by Crippen LogP contribution is -1.97. The summed E-state index contributed by atoms with van der Waals surface area (Å²) in [6.45, 7) is 1.10. The van der Waals surface area contributed by atoms with Crippen LogP contribution in [0.15, 0.2) is 60.8 Å². The van der Waals surface area contributed by atoms with Gasteiger partial charge in [-0.25, -0.2) is 0 Å². The maximum absolute atomic E-state index is 8.92. The van der Waals surface area contributed by atoms with Crippen LogP contribution in [0.3, 0.4) is 0 Å². The molecule has 96 valence electrons. The highest BCUT2D eigenvalue weighted by Crippen LogP contribution is 2.25. The van der Waals surface area contributed by atoms with Crippen molar-refractivity contribution in [3.05, 3.63) is 60.8 Å². The van der Waals surface area contributed by atoms with Gasteiger partial charge in [-0.2, -0.15) is 0 Å². The van der Waals surface area contributed by atoms with Gasteiger partial charge in [0.25, 0.3) is 0 Å². The zero-order valence-electron chi connectivity index (χ0n) is 10.8. The van der Waals surface area contributed by atoms with Gasteiger partial charge in [-0.3, -0.25) is 0 Å². The average molecular weight is 251 g/mol. The molecule has 0 radical (unpaired) electrons. The Labute approximate surface area is 112 Å². The Balaban J connectivity index is 1.99. The van der Waals surface area contributed by atoms with Crippen molar-refractivity contribution < 1.29 is 5.11 Å². The van der Waals surface area contributed by atoms with Gasteiger partial charge in [0, 0.05) is 30.3 Å². The number of aliphatic hydroxyl groups is 1. The summed E-state index contributed by atoms with van der Waals surface area (Å²) in [4.78, 5) is 0. The Hall–Kier alpha value is -2.06. The average Bonchev–Trinajstić information content (AvgIpc) is 2.88. The molecule has 3 aromatic rings. The third-order valence-electron chi connectivity index (χ3n) is 3.44. The van der Waals surface area contributed by atoms with Gasteiger partial charge in [0.1, 0.15) is 0 Å². The molecule has 2 nitrogen and oxygen atoms in total. The number of nitrogens with zero attached hydrogens (tertiary/aromatic N) is 1. The molecular formula is C17H17NO. The maximum atomic E-state index is 8.92. The molecule has 1 aromatic heterocycles. The van der Waals surface area contributed by atoms with Crippen LogP contribution in [0.25, 0.3) is 22.0 Å². The molecule has 0 spiro atoms. The van der Waals surface area contributed by atoms with Crippen molar-refractivity contribution in [2.24, 2.45) is 0 Å². The largest absolute Gasteiger partial charge is 0.396 e. The summed E-state index contributed by atoms with van der Waals surface area (Å²) < 4.78 is 2.19. The van der Waals surface area contributed by atoms with Crippen LogP contribution in [-0.4, -0.2) is 16.3 Å². The third kappa shape index (κ3) is 2.40. The summed E-state index contributed by atoms with van der Waals surface area (Å²) in [6.07, 6.45) is 2.89. The van der Waals surface area contributed by atoms with Crippen LogP contribution in [-0.2, 0) is 6.54 Å². The molecule has 0 fully saturated rings. The summed E-state index contributed by atoms with van der Waals surface area (Å²) in [5.74, 6) is 0. The van der Waals surface area contributed by atoms with Crippen molar-refractivity contribution in [2.45, 2.75) is 13.0 Å². The zero-order chi connectivity index (χ0) is 13.1. The monoisotopic (exact) mass is 251 g/mol. The summed E-state index contributed by atoms with van der Waals surface area (Å²) >= 11 is 0. The Morgan fingerprint density at radius 2 is 1.74 bits per heavy atom. The molecule has 3 rings (SSSR count). The van der Waals surface area contributed by atoms with Gasteiger partial charge in [0.2, 0.25) is 0 Å². The minimum atomic E-state index is 0.238. The first-order valence-electron chi connectivity index (χ1n) is 6.63. The molecule has 0 saturated heterocycles. The van der Waals surface area contributed by atoms with Crippen LogP contribution in [0, 0.1) is 0 Å². The standard InChI is InChI=1S/C17H17NO/c19-12-4-10-18-11-9-16-13-15(7-8-17(16)18)14-5-2-1-3-6-14/h1-3,5-9,11,13,19H,4,10,12H2. The van der Waals surface area contributed by atoms with E-state index in [2.05, 4.69) is 59.3 Å². The quantitative estimate of drug-likeness (QED) is 0.751. The number of aliphatic hydroxyl groups excluding tert-OH is 1. The minimum absolute atomic E-state index is 0.238. The molecule has 0 bridgehead atoms. The van der Waals surface area contributed by atoms with Crippen molar-refractivity contribution in [1.29, 1.82) is 0 Å². The fourth-order valence-electron chi connectivity index (χ4n) is 2.45. The van der Waals surface area contributed by atoms with E-state index in [0.717, 1.165) is 13.0 Å². The number of hydrogen-bond acceptors (Lipinski definition) is 1. The molecule has 0 unspecified atom stereocenters. The highest BCUT2D eigenvalue weighted by Gasteiger charge is 2.03. The van der Waals surface area contributed by atoms with Crippen LogP contribution in [0.5, 0.6) is 0 Å². The predicted molar refractivity (Wildman–Crippen MR) is 79.1 cm³/mol. The molecule has 2 heteroatoms. The molecule has 0 aliphatic rings. The second-order valence-corrected chi connectivity index (χ2v) is 4.73. The second kappa shape index (κ2) is 5.29. The molecule has 1 N–H and O–H groups in total. The van der Waals surface area contributed by atoms with E-state index in [1.165, 1.54) is 22.0 Å². The molecule has 0 aliphatic carbocycles. The Morgan fingerprint density at radius 3 is 2.53 bits per heavy atom. The number of rotatable bonds is 4. The van der Waals surface area contributed by atoms with Gasteiger partial charge < -0.3 is 9.67 Å². The Kier molecular flexibility index (Phi) is 3.34. The van der Waals surface area contributed by atoms with Gasteiger partial charge in [-0.05, 0) is 35.7 Å². The van der Waals surface area contributed by atoms with E-state index in [1.807, 2.05) is 6.07 Å². The molecule has 19 heavy (non-hydrogen) atoms. The van der Waals surface area contributed by atoms with E-state index < -0.39 is 0 Å². The predicted octanol–water partition coefficient (Wildman–Crippen LogP) is 3.69. The molecule has 2 aromatic carbocycles. The first-order valence-corrected chi connectivity index (χ1v) is 6.63. The topological polar surface area (TPSA) is 25.2 Å². The zero-order valence-corrected chi connectivity index (χ0v) is 10.8. The summed E-state index contributed by atoms with van der Waals surface area (Å²) in [7, 11) is 0. The van der Waals surface area contributed by atoms with E-state index in [1.54, 1.807) is 0 Å². The maximum Gasteiger partial charge on any atom is 0.0480 e. The lowest BCUT2D eigenvalue weighted by molar-refractivity contribution is 0.280. The molecule has 0 aliphatic heterocycles. The fraction of sp³-hybridized carbons (Fsp3) is 0.176. The summed E-state index contributed by atoms with van der Waals surface area (Å²) in [5.41, 5.74) is 3.72. The molecule has 0 amide bonds. The molecule has 0 saturated carbocycles. The lowest BCUT2D eigenvalue weighted by Gasteiger charge is -2.05. The number of fused-ring (bicyclic) bond motifs is 1. The normalized spacial score (nSPS) is 11.0. The number of aromatic nitrogens is 1. The number of hydrogen-bond donors (Lipinski definition) is 1. The molecular weight excluding hydrogens is 234 g/mol. The van der Waals surface area contributed by atoms with Gasteiger partial charge >= 0.3 is 0 Å². The second-order valence-electron chi connectivity index (χ2n) is 4.73. The highest BCUT2D eigenvalue weighted by atomic mass is 16.3. The SMILES string of the molecule is OCCCn1ccc2cc(-c3ccccc3)ccc21. The van der Waals surface area contributed by atoms with E-state index in [0.29, 0.717) is 0 Å². The summed E-state index contributed by atoms with van der Waals surface area (Å²) in [6, 6.07) is 19.1. The van der Waals surface area contributed by atoms with Gasteiger partial charge in [0.15, 0.2) is 0 Å². The van der Waals surface area contributed by atoms with Crippen LogP contribution < -0.4 is 0 Å². The van der Waals surface area contributed by atoms with Crippen molar-refractivity contribution in [1.82, 2.24) is 4.57 Å². The molecule has 0 atom stereocenters. The van der Waals surface area contributed by atoms with E-state index in [9.17, 15) is 0 Å². The third-order valence-corrected chi connectivity index (χ3v) is 3.44. The van der Waals surface area contributed by atoms with E-state index >= 15 is 0 Å². The first kappa shape index (κ1) is 12.0. The van der Waals surface area contributed by atoms with Crippen LogP contribution in [0.2, 0.25) is 0 Å². The Morgan fingerprint density at radius 1 is 0.895 bits per heavy atom. The van der Waals surface area contributed by atoms with Crippen LogP contribution in [0.1, 0.15) is 6.42 Å². The first-order chi connectivity index (χ1) is 9.38. The minimum Gasteiger partial charge on any atom is -0.396 e. The van der Waals surface area contributed by atoms with E-state index in [-0.39, 0.29) is 6.61 Å². The lowest BCUT2D eigenvalue weighted by atomic mass is 10.0. The smallest absolute Gasteiger partial charge is 0.0480 e. The van der Waals surface area contributed by atoms with Crippen molar-refractivity contribution in [3.63, 3.8) is 0 Å². The van der Waals surface area contributed by atoms with Crippen LogP contribution in [0.4, 0.5) is 0 Å². The molecule has 1 heterocycles. The number of benzene rings is 2. The highest BCUT2D eigenvalue weighted by molar-refractivity contribution is 5.85. The van der Waals surface area contributed by atoms with Crippen molar-refractivity contribution in [2.75, 3.05) is 6.61 Å². The number of aryl methyl sites for hydroxylation is 1. The van der Waals surface area contributed by atoms with Gasteiger partial charge in [0.05, 0.1) is 0 Å².